The lowest BCUT2D eigenvalue weighted by molar-refractivity contribution is -0.137. The van der Waals surface area contributed by atoms with Crippen molar-refractivity contribution in [1.82, 2.24) is 4.68 Å². The van der Waals surface area contributed by atoms with Crippen molar-refractivity contribution in [3.63, 3.8) is 0 Å². The molecule has 2 atom stereocenters. The van der Waals surface area contributed by atoms with Crippen molar-refractivity contribution in [1.29, 1.82) is 0 Å². The number of benzene rings is 1. The number of aromatic nitrogens is 1. The zero-order valence-electron chi connectivity index (χ0n) is 12.6. The topological polar surface area (TPSA) is 51.5 Å². The second-order valence-electron chi connectivity index (χ2n) is 5.64. The van der Waals surface area contributed by atoms with Crippen LogP contribution in [-0.2, 0) is 9.53 Å². The number of carbonyl (C=O) groups is 2. The number of fused-ring (bicyclic) bond motifs is 5. The summed E-state index contributed by atoms with van der Waals surface area (Å²) < 4.78 is 6.68. The first-order chi connectivity index (χ1) is 11.2. The van der Waals surface area contributed by atoms with Gasteiger partial charge in [-0.05, 0) is 30.2 Å². The van der Waals surface area contributed by atoms with Crippen LogP contribution in [0.15, 0.2) is 42.6 Å². The van der Waals surface area contributed by atoms with E-state index in [0.717, 1.165) is 23.2 Å². The van der Waals surface area contributed by atoms with Gasteiger partial charge in [-0.2, -0.15) is 0 Å². The molecule has 6 heteroatoms. The first kappa shape index (κ1) is 14.4. The molecule has 2 aliphatic rings. The van der Waals surface area contributed by atoms with Crippen molar-refractivity contribution in [2.24, 2.45) is 0 Å². The van der Waals surface area contributed by atoms with Gasteiger partial charge in [0.05, 0.1) is 24.6 Å². The second kappa shape index (κ2) is 5.45. The maximum absolute atomic E-state index is 12.7. The van der Waals surface area contributed by atoms with E-state index in [4.69, 9.17) is 4.74 Å². The van der Waals surface area contributed by atoms with Gasteiger partial charge in [0.25, 0.3) is 5.91 Å². The Morgan fingerprint density at radius 1 is 1.30 bits per heavy atom. The summed E-state index contributed by atoms with van der Waals surface area (Å²) in [5.41, 5.74) is 2.90. The van der Waals surface area contributed by atoms with Crippen LogP contribution in [0.2, 0.25) is 0 Å². The molecule has 0 spiro atoms. The minimum absolute atomic E-state index is 0.0220. The standard InChI is InChI=1S/C17H16N2O3S/c1-22-16(20)10-23-15-9-14-11-5-2-3-6-12(11)17(21)19(14)18-8-4-7-13(15)18/h2-8,14-15H,9-10H2,1H3/t14-,15-/m1/s1. The molecule has 2 aliphatic heterocycles. The van der Waals surface area contributed by atoms with E-state index >= 15 is 0 Å². The van der Waals surface area contributed by atoms with Crippen LogP contribution in [0, 0.1) is 0 Å². The van der Waals surface area contributed by atoms with Crippen LogP contribution in [-0.4, -0.2) is 29.4 Å². The average Bonchev–Trinajstić information content (AvgIpc) is 3.16. The predicted molar refractivity (Wildman–Crippen MR) is 88.0 cm³/mol. The summed E-state index contributed by atoms with van der Waals surface area (Å²) >= 11 is 1.57. The molecule has 0 saturated heterocycles. The second-order valence-corrected chi connectivity index (χ2v) is 6.83. The number of methoxy groups -OCH3 is 1. The molecule has 0 fully saturated rings. The SMILES string of the molecule is COC(=O)CS[C@@H]1C[C@@H]2c3ccccc3C(=O)N2n2cccc21. The number of ether oxygens (including phenoxy) is 1. The third-order valence-electron chi connectivity index (χ3n) is 4.44. The third-order valence-corrected chi connectivity index (χ3v) is 5.68. The Morgan fingerprint density at radius 2 is 2.13 bits per heavy atom. The third kappa shape index (κ3) is 2.16. The summed E-state index contributed by atoms with van der Waals surface area (Å²) in [6.45, 7) is 0. The Morgan fingerprint density at radius 3 is 2.96 bits per heavy atom. The Labute approximate surface area is 138 Å². The van der Waals surface area contributed by atoms with Crippen LogP contribution >= 0.6 is 11.8 Å². The molecule has 1 aromatic heterocycles. The number of rotatable bonds is 3. The van der Waals surface area contributed by atoms with E-state index in [1.165, 1.54) is 7.11 Å². The van der Waals surface area contributed by atoms with E-state index in [0.29, 0.717) is 5.75 Å². The quantitative estimate of drug-likeness (QED) is 0.813. The highest BCUT2D eigenvalue weighted by Crippen LogP contribution is 2.47. The van der Waals surface area contributed by atoms with Crippen LogP contribution in [0.1, 0.15) is 39.3 Å². The molecule has 0 bridgehead atoms. The van der Waals surface area contributed by atoms with Gasteiger partial charge in [0, 0.05) is 17.0 Å². The number of carbonyl (C=O) groups excluding carboxylic acids is 2. The predicted octanol–water partition coefficient (Wildman–Crippen LogP) is 2.67. The number of thioether (sulfide) groups is 1. The molecule has 0 saturated carbocycles. The van der Waals surface area contributed by atoms with Crippen molar-refractivity contribution in [3.05, 3.63) is 59.4 Å². The summed E-state index contributed by atoms with van der Waals surface area (Å²) in [6, 6.07) is 11.8. The molecule has 4 rings (SSSR count). The Bertz CT molecular complexity index is 786. The van der Waals surface area contributed by atoms with Gasteiger partial charge in [0.15, 0.2) is 0 Å². The number of hydrogen-bond donors (Lipinski definition) is 0. The van der Waals surface area contributed by atoms with Crippen LogP contribution in [0.25, 0.3) is 0 Å². The van der Waals surface area contributed by atoms with Gasteiger partial charge in [0.1, 0.15) is 0 Å². The maximum atomic E-state index is 12.7. The molecule has 1 aromatic carbocycles. The number of nitrogens with zero attached hydrogens (tertiary/aromatic N) is 2. The lowest BCUT2D eigenvalue weighted by Crippen LogP contribution is -2.42. The van der Waals surface area contributed by atoms with Crippen LogP contribution in [0.3, 0.4) is 0 Å². The highest BCUT2D eigenvalue weighted by atomic mass is 32.2. The largest absolute Gasteiger partial charge is 0.468 e. The van der Waals surface area contributed by atoms with Crippen molar-refractivity contribution in [2.45, 2.75) is 17.7 Å². The van der Waals surface area contributed by atoms with Gasteiger partial charge < -0.3 is 4.74 Å². The van der Waals surface area contributed by atoms with Gasteiger partial charge in [0.2, 0.25) is 0 Å². The molecular formula is C17H16N2O3S. The normalized spacial score (nSPS) is 21.6. The van der Waals surface area contributed by atoms with E-state index in [-0.39, 0.29) is 23.2 Å². The molecule has 0 N–H and O–H groups in total. The zero-order valence-corrected chi connectivity index (χ0v) is 13.5. The monoisotopic (exact) mass is 328 g/mol. The highest BCUT2D eigenvalue weighted by molar-refractivity contribution is 8.00. The van der Waals surface area contributed by atoms with E-state index in [1.54, 1.807) is 11.8 Å². The van der Waals surface area contributed by atoms with Crippen LogP contribution < -0.4 is 5.01 Å². The minimum Gasteiger partial charge on any atom is -0.468 e. The number of hydrogen-bond acceptors (Lipinski definition) is 4. The Hall–Kier alpha value is -2.21. The zero-order chi connectivity index (χ0) is 16.0. The first-order valence-electron chi connectivity index (χ1n) is 7.49. The van der Waals surface area contributed by atoms with Crippen molar-refractivity contribution in [2.75, 3.05) is 17.9 Å². The fourth-order valence-corrected chi connectivity index (χ4v) is 4.53. The van der Waals surface area contributed by atoms with Gasteiger partial charge in [-0.3, -0.25) is 14.3 Å². The van der Waals surface area contributed by atoms with Crippen molar-refractivity contribution >= 4 is 23.6 Å². The minimum atomic E-state index is -0.224. The molecule has 1 amide bonds. The first-order valence-corrected chi connectivity index (χ1v) is 8.54. The maximum Gasteiger partial charge on any atom is 0.315 e. The van der Waals surface area contributed by atoms with Crippen LogP contribution in [0.4, 0.5) is 0 Å². The van der Waals surface area contributed by atoms with E-state index in [2.05, 4.69) is 0 Å². The molecule has 0 aliphatic carbocycles. The molecule has 23 heavy (non-hydrogen) atoms. The van der Waals surface area contributed by atoms with Crippen molar-refractivity contribution in [3.8, 4) is 0 Å². The fraction of sp³-hybridized carbons (Fsp3) is 0.294. The highest BCUT2D eigenvalue weighted by Gasteiger charge is 2.43. The smallest absolute Gasteiger partial charge is 0.315 e. The van der Waals surface area contributed by atoms with E-state index in [9.17, 15) is 9.59 Å². The van der Waals surface area contributed by atoms with E-state index in [1.807, 2.05) is 52.3 Å². The molecule has 118 valence electrons. The Kier molecular flexibility index (Phi) is 3.41. The molecule has 0 unspecified atom stereocenters. The summed E-state index contributed by atoms with van der Waals surface area (Å²) in [5, 5.41) is 1.99. The van der Waals surface area contributed by atoms with E-state index < -0.39 is 0 Å². The molecule has 0 radical (unpaired) electrons. The molecule has 3 heterocycles. The molecule has 2 aromatic rings. The molecule has 5 nitrogen and oxygen atoms in total. The van der Waals surface area contributed by atoms with Crippen molar-refractivity contribution < 1.29 is 14.3 Å². The lowest BCUT2D eigenvalue weighted by atomic mass is 9.99. The number of esters is 1. The van der Waals surface area contributed by atoms with Gasteiger partial charge in [-0.25, -0.2) is 5.01 Å². The lowest BCUT2D eigenvalue weighted by Gasteiger charge is -2.36. The summed E-state index contributed by atoms with van der Waals surface area (Å²) in [7, 11) is 1.40. The van der Waals surface area contributed by atoms with Gasteiger partial charge in [-0.15, -0.1) is 11.8 Å². The number of amides is 1. The average molecular weight is 328 g/mol. The van der Waals surface area contributed by atoms with Gasteiger partial charge >= 0.3 is 5.97 Å². The summed E-state index contributed by atoms with van der Waals surface area (Å²) in [5.74, 6) is 0.132. The van der Waals surface area contributed by atoms with Gasteiger partial charge in [-0.1, -0.05) is 18.2 Å². The fourth-order valence-electron chi connectivity index (χ4n) is 3.40. The summed E-state index contributed by atoms with van der Waals surface area (Å²) in [6.07, 6.45) is 2.71. The van der Waals surface area contributed by atoms with Crippen LogP contribution in [0.5, 0.6) is 0 Å². The Balaban J connectivity index is 1.70. The summed E-state index contributed by atoms with van der Waals surface area (Å²) in [4.78, 5) is 24.2. The molecular weight excluding hydrogens is 312 g/mol.